The smallest absolute Gasteiger partial charge is 0.271 e. The molecule has 0 aliphatic rings. The number of hydrogen-bond acceptors (Lipinski definition) is 6. The number of nitro benzene ring substituents is 1. The molecule has 3 rings (SSSR count). The van der Waals surface area contributed by atoms with Gasteiger partial charge in [0.15, 0.2) is 0 Å². The van der Waals surface area contributed by atoms with Crippen LogP contribution in [0.4, 0.5) is 11.4 Å². The van der Waals surface area contributed by atoms with Gasteiger partial charge in [-0.15, -0.1) is 0 Å². The van der Waals surface area contributed by atoms with Gasteiger partial charge in [0.1, 0.15) is 12.6 Å². The maximum absolute atomic E-state index is 14.0. The van der Waals surface area contributed by atoms with Crippen molar-refractivity contribution in [1.29, 1.82) is 0 Å². The highest BCUT2D eigenvalue weighted by molar-refractivity contribution is 7.92. The van der Waals surface area contributed by atoms with Crippen LogP contribution in [-0.2, 0) is 32.6 Å². The number of carbonyl (C=O) groups excluding carboxylic acids is 2. The van der Waals surface area contributed by atoms with E-state index in [0.717, 1.165) is 33.3 Å². The molecule has 0 fully saturated rings. The number of nitrogens with one attached hydrogen (secondary N) is 1. The lowest BCUT2D eigenvalue weighted by molar-refractivity contribution is -0.384. The van der Waals surface area contributed by atoms with Gasteiger partial charge in [0.2, 0.25) is 21.8 Å². The molecule has 0 aliphatic heterocycles. The van der Waals surface area contributed by atoms with Crippen molar-refractivity contribution >= 4 is 33.2 Å². The quantitative estimate of drug-likeness (QED) is 0.262. The van der Waals surface area contributed by atoms with Crippen LogP contribution in [0.2, 0.25) is 0 Å². The Morgan fingerprint density at radius 1 is 0.950 bits per heavy atom. The number of benzene rings is 3. The molecule has 11 heteroatoms. The van der Waals surface area contributed by atoms with Crippen LogP contribution < -0.4 is 9.62 Å². The van der Waals surface area contributed by atoms with E-state index in [1.165, 1.54) is 23.1 Å². The summed E-state index contributed by atoms with van der Waals surface area (Å²) in [5.41, 5.74) is 2.27. The molecule has 0 saturated heterocycles. The predicted molar refractivity (Wildman–Crippen MR) is 154 cm³/mol. The molecule has 212 valence electrons. The van der Waals surface area contributed by atoms with Gasteiger partial charge < -0.3 is 10.2 Å². The third kappa shape index (κ3) is 8.37. The summed E-state index contributed by atoms with van der Waals surface area (Å²) >= 11 is 0. The van der Waals surface area contributed by atoms with E-state index in [-0.39, 0.29) is 36.3 Å². The van der Waals surface area contributed by atoms with Gasteiger partial charge in [0.05, 0.1) is 16.9 Å². The summed E-state index contributed by atoms with van der Waals surface area (Å²) < 4.78 is 26.5. The summed E-state index contributed by atoms with van der Waals surface area (Å²) in [6.45, 7) is 4.97. The first-order valence-electron chi connectivity index (χ1n) is 12.8. The van der Waals surface area contributed by atoms with Crippen LogP contribution in [0.3, 0.4) is 0 Å². The summed E-state index contributed by atoms with van der Waals surface area (Å²) in [7, 11) is -4.03. The van der Waals surface area contributed by atoms with Crippen molar-refractivity contribution in [3.63, 3.8) is 0 Å². The molecular formula is C29H34N4O6S. The topological polar surface area (TPSA) is 130 Å². The van der Waals surface area contributed by atoms with Crippen molar-refractivity contribution < 1.29 is 22.9 Å². The van der Waals surface area contributed by atoms with E-state index in [9.17, 15) is 28.1 Å². The number of carbonyl (C=O) groups is 2. The van der Waals surface area contributed by atoms with Crippen LogP contribution in [0.15, 0.2) is 78.9 Å². The van der Waals surface area contributed by atoms with Crippen molar-refractivity contribution in [2.75, 3.05) is 17.1 Å². The molecule has 40 heavy (non-hydrogen) atoms. The maximum atomic E-state index is 14.0. The Hall–Kier alpha value is -4.25. The molecule has 0 saturated carbocycles. The molecule has 10 nitrogen and oxygen atoms in total. The lowest BCUT2D eigenvalue weighted by Crippen LogP contribution is -2.54. The van der Waals surface area contributed by atoms with Gasteiger partial charge in [-0.1, -0.05) is 66.2 Å². The summed E-state index contributed by atoms with van der Waals surface area (Å²) in [6, 6.07) is 20.7. The van der Waals surface area contributed by atoms with E-state index < -0.39 is 33.4 Å². The summed E-state index contributed by atoms with van der Waals surface area (Å²) in [6.07, 6.45) is 1.13. The number of non-ortho nitro benzene ring substituents is 1. The van der Waals surface area contributed by atoms with E-state index in [1.54, 1.807) is 0 Å². The zero-order valence-corrected chi connectivity index (χ0v) is 23.8. The van der Waals surface area contributed by atoms with Gasteiger partial charge in [-0.05, 0) is 38.0 Å². The van der Waals surface area contributed by atoms with Gasteiger partial charge in [-0.25, -0.2) is 8.42 Å². The minimum Gasteiger partial charge on any atom is -0.352 e. The molecule has 3 aromatic rings. The summed E-state index contributed by atoms with van der Waals surface area (Å²) in [5.74, 6) is -1.00. The van der Waals surface area contributed by atoms with Crippen molar-refractivity contribution in [2.45, 2.75) is 45.8 Å². The molecule has 1 unspecified atom stereocenters. The first kappa shape index (κ1) is 30.3. The molecule has 0 heterocycles. The molecule has 1 N–H and O–H groups in total. The van der Waals surface area contributed by atoms with E-state index >= 15 is 0 Å². The Morgan fingerprint density at radius 3 is 2.17 bits per heavy atom. The summed E-state index contributed by atoms with van der Waals surface area (Å²) in [4.78, 5) is 39.6. The third-order valence-electron chi connectivity index (χ3n) is 6.18. The van der Waals surface area contributed by atoms with E-state index in [2.05, 4.69) is 5.32 Å². The van der Waals surface area contributed by atoms with Crippen molar-refractivity contribution in [1.82, 2.24) is 10.2 Å². The highest BCUT2D eigenvalue weighted by atomic mass is 32.2. The monoisotopic (exact) mass is 566 g/mol. The number of sulfonamides is 1. The van der Waals surface area contributed by atoms with Crippen LogP contribution in [0.1, 0.15) is 30.5 Å². The highest BCUT2D eigenvalue weighted by Crippen LogP contribution is 2.24. The first-order valence-corrected chi connectivity index (χ1v) is 14.6. The largest absolute Gasteiger partial charge is 0.352 e. The number of nitrogens with zero attached hydrogens (tertiary/aromatic N) is 3. The zero-order valence-electron chi connectivity index (χ0n) is 23.0. The Balaban J connectivity index is 2.07. The minimum atomic E-state index is -4.03. The first-order chi connectivity index (χ1) is 18.8. The average molecular weight is 567 g/mol. The third-order valence-corrected chi connectivity index (χ3v) is 7.32. The summed E-state index contributed by atoms with van der Waals surface area (Å²) in [5, 5.41) is 14.2. The van der Waals surface area contributed by atoms with Crippen LogP contribution in [-0.4, -0.2) is 54.9 Å². The van der Waals surface area contributed by atoms with Crippen LogP contribution in [0.5, 0.6) is 0 Å². The van der Waals surface area contributed by atoms with E-state index in [1.807, 2.05) is 75.4 Å². The molecule has 0 radical (unpaired) electrons. The van der Waals surface area contributed by atoms with Crippen molar-refractivity contribution in [3.05, 3.63) is 106 Å². The Labute approximate surface area is 234 Å². The molecule has 0 aromatic heterocycles. The number of aryl methyl sites for hydroxylation is 1. The molecule has 3 aromatic carbocycles. The second-order valence-electron chi connectivity index (χ2n) is 9.92. The Bertz CT molecular complexity index is 1440. The van der Waals surface area contributed by atoms with Crippen molar-refractivity contribution in [3.8, 4) is 0 Å². The van der Waals surface area contributed by atoms with Gasteiger partial charge in [0.25, 0.3) is 5.69 Å². The Morgan fingerprint density at radius 2 is 1.60 bits per heavy atom. The number of hydrogen-bond donors (Lipinski definition) is 1. The standard InChI is InChI=1S/C29H34N4O6S/c1-21(2)30-29(35)27(17-23-9-6-5-7-10-23)31(19-24-15-13-22(3)14-16-24)28(34)20-32(40(4,38)39)25-11-8-12-26(18-25)33(36)37/h5-16,18,21,27H,17,19-20H2,1-4H3,(H,30,35). The molecule has 0 aliphatic carbocycles. The fourth-order valence-corrected chi connectivity index (χ4v) is 5.04. The molecule has 2 amide bonds. The van der Waals surface area contributed by atoms with E-state index in [4.69, 9.17) is 0 Å². The second-order valence-corrected chi connectivity index (χ2v) is 11.8. The Kier molecular flexibility index (Phi) is 10.0. The van der Waals surface area contributed by atoms with Gasteiger partial charge in [-0.3, -0.25) is 24.0 Å². The highest BCUT2D eigenvalue weighted by Gasteiger charge is 2.33. The van der Waals surface area contributed by atoms with Crippen molar-refractivity contribution in [2.24, 2.45) is 0 Å². The normalized spacial score (nSPS) is 12.0. The second kappa shape index (κ2) is 13.2. The number of anilines is 1. The number of amides is 2. The minimum absolute atomic E-state index is 0.0217. The maximum Gasteiger partial charge on any atom is 0.271 e. The van der Waals surface area contributed by atoms with Gasteiger partial charge >= 0.3 is 0 Å². The van der Waals surface area contributed by atoms with Crippen LogP contribution in [0, 0.1) is 17.0 Å². The average Bonchev–Trinajstić information content (AvgIpc) is 2.89. The van der Waals surface area contributed by atoms with Crippen LogP contribution in [0.25, 0.3) is 0 Å². The van der Waals surface area contributed by atoms with Gasteiger partial charge in [-0.2, -0.15) is 0 Å². The lowest BCUT2D eigenvalue weighted by atomic mass is 10.0. The number of rotatable bonds is 12. The van der Waals surface area contributed by atoms with E-state index in [0.29, 0.717) is 0 Å². The molecule has 0 bridgehead atoms. The molecular weight excluding hydrogens is 532 g/mol. The van der Waals surface area contributed by atoms with Gasteiger partial charge in [0, 0.05) is 31.1 Å². The zero-order chi connectivity index (χ0) is 29.4. The fraction of sp³-hybridized carbons (Fsp3) is 0.310. The lowest BCUT2D eigenvalue weighted by Gasteiger charge is -2.34. The molecule has 1 atom stereocenters. The van der Waals surface area contributed by atoms with Crippen LogP contribution >= 0.6 is 0 Å². The SMILES string of the molecule is Cc1ccc(CN(C(=O)CN(c2cccc([N+](=O)[O-])c2)S(C)(=O)=O)C(Cc2ccccc2)C(=O)NC(C)C)cc1. The number of nitro groups is 1. The molecule has 0 spiro atoms. The fourth-order valence-electron chi connectivity index (χ4n) is 4.20. The predicted octanol–water partition coefficient (Wildman–Crippen LogP) is 3.83.